The van der Waals surface area contributed by atoms with Crippen molar-refractivity contribution in [2.45, 2.75) is 65.3 Å². The summed E-state index contributed by atoms with van der Waals surface area (Å²) in [4.78, 5) is 0. The number of rotatable bonds is 4. The standard InChI is InChI=1S/C14H24ClN3/c1-4-7-13-16-17-14(15)18(13)12-9-6-5-8-11(12)10(2)3/h10-12H,4-9H2,1-3H3. The molecule has 1 heterocycles. The Morgan fingerprint density at radius 2 is 2.00 bits per heavy atom. The molecule has 18 heavy (non-hydrogen) atoms. The predicted molar refractivity (Wildman–Crippen MR) is 74.9 cm³/mol. The number of hydrogen-bond donors (Lipinski definition) is 0. The summed E-state index contributed by atoms with van der Waals surface area (Å²) in [7, 11) is 0. The number of aromatic nitrogens is 3. The van der Waals surface area contributed by atoms with Gasteiger partial charge in [-0.25, -0.2) is 0 Å². The molecular weight excluding hydrogens is 246 g/mol. The lowest BCUT2D eigenvalue weighted by molar-refractivity contribution is 0.181. The molecule has 1 aliphatic rings. The molecule has 2 unspecified atom stereocenters. The van der Waals surface area contributed by atoms with Crippen molar-refractivity contribution in [1.82, 2.24) is 14.8 Å². The van der Waals surface area contributed by atoms with Crippen molar-refractivity contribution >= 4 is 11.6 Å². The molecule has 1 fully saturated rings. The molecule has 0 bridgehead atoms. The maximum absolute atomic E-state index is 6.27. The Labute approximate surface area is 115 Å². The van der Waals surface area contributed by atoms with Gasteiger partial charge in [-0.15, -0.1) is 10.2 Å². The molecular formula is C14H24ClN3. The van der Waals surface area contributed by atoms with Gasteiger partial charge in [0.05, 0.1) is 0 Å². The molecule has 102 valence electrons. The van der Waals surface area contributed by atoms with E-state index in [-0.39, 0.29) is 0 Å². The monoisotopic (exact) mass is 269 g/mol. The lowest BCUT2D eigenvalue weighted by Crippen LogP contribution is -2.28. The van der Waals surface area contributed by atoms with E-state index in [4.69, 9.17) is 11.6 Å². The zero-order chi connectivity index (χ0) is 13.1. The summed E-state index contributed by atoms with van der Waals surface area (Å²) in [5, 5.41) is 8.92. The number of hydrogen-bond acceptors (Lipinski definition) is 2. The maximum Gasteiger partial charge on any atom is 0.225 e. The van der Waals surface area contributed by atoms with Crippen molar-refractivity contribution in [2.75, 3.05) is 0 Å². The van der Waals surface area contributed by atoms with Crippen LogP contribution in [-0.4, -0.2) is 14.8 Å². The molecule has 0 N–H and O–H groups in total. The highest BCUT2D eigenvalue weighted by Crippen LogP contribution is 2.40. The Kier molecular flexibility index (Phi) is 4.66. The summed E-state index contributed by atoms with van der Waals surface area (Å²) >= 11 is 6.27. The quantitative estimate of drug-likeness (QED) is 0.817. The van der Waals surface area contributed by atoms with Crippen molar-refractivity contribution in [2.24, 2.45) is 11.8 Å². The summed E-state index contributed by atoms with van der Waals surface area (Å²) in [6.07, 6.45) is 7.24. The molecule has 3 nitrogen and oxygen atoms in total. The summed E-state index contributed by atoms with van der Waals surface area (Å²) in [6, 6.07) is 0.503. The Morgan fingerprint density at radius 3 is 2.67 bits per heavy atom. The third-order valence-corrected chi connectivity index (χ3v) is 4.43. The normalized spacial score (nSPS) is 24.7. The smallest absolute Gasteiger partial charge is 0.225 e. The highest BCUT2D eigenvalue weighted by atomic mass is 35.5. The number of nitrogens with zero attached hydrogens (tertiary/aromatic N) is 3. The van der Waals surface area contributed by atoms with Crippen LogP contribution in [0.3, 0.4) is 0 Å². The lowest BCUT2D eigenvalue weighted by Gasteiger charge is -2.36. The summed E-state index contributed by atoms with van der Waals surface area (Å²) in [6.45, 7) is 6.81. The Hall–Kier alpha value is -0.570. The van der Waals surface area contributed by atoms with Crippen molar-refractivity contribution in [3.63, 3.8) is 0 Å². The first kappa shape index (κ1) is 13.9. The minimum atomic E-state index is 0.503. The fourth-order valence-electron chi connectivity index (χ4n) is 3.26. The first-order valence-corrected chi connectivity index (χ1v) is 7.62. The highest BCUT2D eigenvalue weighted by Gasteiger charge is 2.31. The van der Waals surface area contributed by atoms with Gasteiger partial charge in [0, 0.05) is 12.5 Å². The van der Waals surface area contributed by atoms with Crippen LogP contribution >= 0.6 is 11.6 Å². The zero-order valence-corrected chi connectivity index (χ0v) is 12.5. The van der Waals surface area contributed by atoms with E-state index < -0.39 is 0 Å². The van der Waals surface area contributed by atoms with Crippen LogP contribution in [0, 0.1) is 11.8 Å². The van der Waals surface area contributed by atoms with Crippen molar-refractivity contribution in [3.05, 3.63) is 11.1 Å². The van der Waals surface area contributed by atoms with Gasteiger partial charge in [-0.2, -0.15) is 0 Å². The molecule has 2 rings (SSSR count). The van der Waals surface area contributed by atoms with E-state index in [0.29, 0.717) is 23.2 Å². The second-order valence-corrected chi connectivity index (χ2v) is 6.10. The van der Waals surface area contributed by atoms with Crippen LogP contribution in [0.2, 0.25) is 5.28 Å². The van der Waals surface area contributed by atoms with E-state index in [9.17, 15) is 0 Å². The van der Waals surface area contributed by atoms with E-state index in [1.165, 1.54) is 25.7 Å². The van der Waals surface area contributed by atoms with Gasteiger partial charge in [0.1, 0.15) is 5.82 Å². The SMILES string of the molecule is CCCc1nnc(Cl)n1C1CCCCC1C(C)C. The van der Waals surface area contributed by atoms with Gasteiger partial charge in [0.2, 0.25) is 5.28 Å². The molecule has 1 aromatic heterocycles. The fourth-order valence-corrected chi connectivity index (χ4v) is 3.52. The second-order valence-electron chi connectivity index (χ2n) is 5.76. The molecule has 0 saturated heterocycles. The number of halogens is 1. The van der Waals surface area contributed by atoms with Gasteiger partial charge in [-0.1, -0.05) is 33.6 Å². The lowest BCUT2D eigenvalue weighted by atomic mass is 9.77. The molecule has 1 aromatic rings. The summed E-state index contributed by atoms with van der Waals surface area (Å²) in [5.74, 6) is 2.48. The van der Waals surface area contributed by atoms with E-state index in [0.717, 1.165) is 18.7 Å². The summed E-state index contributed by atoms with van der Waals surface area (Å²) in [5.41, 5.74) is 0. The topological polar surface area (TPSA) is 30.7 Å². The molecule has 0 aliphatic heterocycles. The van der Waals surface area contributed by atoms with Gasteiger partial charge >= 0.3 is 0 Å². The third kappa shape index (κ3) is 2.71. The molecule has 1 saturated carbocycles. The van der Waals surface area contributed by atoms with Gasteiger partial charge in [-0.3, -0.25) is 4.57 Å². The first-order valence-electron chi connectivity index (χ1n) is 7.24. The second kappa shape index (κ2) is 6.05. The van der Waals surface area contributed by atoms with E-state index >= 15 is 0 Å². The van der Waals surface area contributed by atoms with Crippen molar-refractivity contribution < 1.29 is 0 Å². The highest BCUT2D eigenvalue weighted by molar-refractivity contribution is 6.28. The average Bonchev–Trinajstić information content (AvgIpc) is 2.71. The van der Waals surface area contributed by atoms with Crippen LogP contribution in [-0.2, 0) is 6.42 Å². The zero-order valence-electron chi connectivity index (χ0n) is 11.7. The van der Waals surface area contributed by atoms with E-state index in [1.807, 2.05) is 0 Å². The molecule has 2 atom stereocenters. The molecule has 0 radical (unpaired) electrons. The van der Waals surface area contributed by atoms with Crippen molar-refractivity contribution in [1.29, 1.82) is 0 Å². The van der Waals surface area contributed by atoms with E-state index in [1.54, 1.807) is 0 Å². The van der Waals surface area contributed by atoms with E-state index in [2.05, 4.69) is 35.5 Å². The fraction of sp³-hybridized carbons (Fsp3) is 0.857. The van der Waals surface area contributed by atoms with Crippen molar-refractivity contribution in [3.8, 4) is 0 Å². The van der Waals surface area contributed by atoms with Gasteiger partial charge in [0.25, 0.3) is 0 Å². The van der Waals surface area contributed by atoms with Crippen LogP contribution in [0.4, 0.5) is 0 Å². The summed E-state index contributed by atoms with van der Waals surface area (Å²) < 4.78 is 2.22. The third-order valence-electron chi connectivity index (χ3n) is 4.17. The first-order chi connectivity index (χ1) is 8.65. The van der Waals surface area contributed by atoms with Gasteiger partial charge in [-0.05, 0) is 42.7 Å². The minimum absolute atomic E-state index is 0.503. The Bertz CT molecular complexity index is 386. The Morgan fingerprint density at radius 1 is 1.28 bits per heavy atom. The molecule has 1 aliphatic carbocycles. The number of aryl methyl sites for hydroxylation is 1. The largest absolute Gasteiger partial charge is 0.298 e. The minimum Gasteiger partial charge on any atom is -0.298 e. The molecule has 0 spiro atoms. The van der Waals surface area contributed by atoms with Crippen LogP contribution in [0.1, 0.15) is 64.7 Å². The maximum atomic E-state index is 6.27. The van der Waals surface area contributed by atoms with Crippen LogP contribution in [0.15, 0.2) is 0 Å². The van der Waals surface area contributed by atoms with Crippen LogP contribution < -0.4 is 0 Å². The average molecular weight is 270 g/mol. The molecule has 0 aromatic carbocycles. The Balaban J connectivity index is 2.29. The van der Waals surface area contributed by atoms with Gasteiger partial charge < -0.3 is 0 Å². The predicted octanol–water partition coefficient (Wildman–Crippen LogP) is 4.27. The van der Waals surface area contributed by atoms with Gasteiger partial charge in [0.15, 0.2) is 0 Å². The molecule has 4 heteroatoms. The molecule has 0 amide bonds. The van der Waals surface area contributed by atoms with Crippen LogP contribution in [0.5, 0.6) is 0 Å². The van der Waals surface area contributed by atoms with Crippen LogP contribution in [0.25, 0.3) is 0 Å².